The Morgan fingerprint density at radius 3 is 2.81 bits per heavy atom. The molecule has 0 aliphatic rings. The standard InChI is InChI=1S/C11H14ClNO3/c1-7(6-15-2)16-11(14)8-3-4-9(12)10(13)5-8/h3-5,7H,6,13H2,1-2H3. The molecule has 0 fully saturated rings. The summed E-state index contributed by atoms with van der Waals surface area (Å²) in [5, 5.41) is 0.418. The summed E-state index contributed by atoms with van der Waals surface area (Å²) in [5.41, 5.74) is 6.32. The number of hydrogen-bond acceptors (Lipinski definition) is 4. The molecule has 4 nitrogen and oxygen atoms in total. The molecule has 1 unspecified atom stereocenters. The molecule has 2 N–H and O–H groups in total. The number of nitrogen functional groups attached to an aromatic ring is 1. The first-order valence-electron chi connectivity index (χ1n) is 4.79. The van der Waals surface area contributed by atoms with Crippen LogP contribution >= 0.6 is 11.6 Å². The lowest BCUT2D eigenvalue weighted by Crippen LogP contribution is -2.19. The number of methoxy groups -OCH3 is 1. The molecule has 1 aromatic carbocycles. The average molecular weight is 244 g/mol. The van der Waals surface area contributed by atoms with E-state index in [9.17, 15) is 4.79 Å². The van der Waals surface area contributed by atoms with Crippen LogP contribution in [0.15, 0.2) is 18.2 Å². The van der Waals surface area contributed by atoms with Crippen LogP contribution in [0.25, 0.3) is 0 Å². The quantitative estimate of drug-likeness (QED) is 0.650. The van der Waals surface area contributed by atoms with Gasteiger partial charge in [-0.25, -0.2) is 4.79 Å². The van der Waals surface area contributed by atoms with Crippen LogP contribution in [0.3, 0.4) is 0 Å². The molecule has 0 saturated heterocycles. The van der Waals surface area contributed by atoms with Crippen LogP contribution < -0.4 is 5.73 Å². The third-order valence-electron chi connectivity index (χ3n) is 1.94. The molecular formula is C11H14ClNO3. The van der Waals surface area contributed by atoms with E-state index in [2.05, 4.69) is 0 Å². The first-order chi connectivity index (χ1) is 7.54. The van der Waals surface area contributed by atoms with Crippen molar-refractivity contribution in [2.24, 2.45) is 0 Å². The van der Waals surface area contributed by atoms with E-state index in [0.717, 1.165) is 0 Å². The molecule has 16 heavy (non-hydrogen) atoms. The van der Waals surface area contributed by atoms with Crippen molar-refractivity contribution < 1.29 is 14.3 Å². The second-order valence-electron chi connectivity index (χ2n) is 3.41. The number of halogens is 1. The van der Waals surface area contributed by atoms with E-state index in [-0.39, 0.29) is 6.10 Å². The number of hydrogen-bond donors (Lipinski definition) is 1. The van der Waals surface area contributed by atoms with Crippen molar-refractivity contribution in [1.82, 2.24) is 0 Å². The number of carbonyl (C=O) groups excluding carboxylic acids is 1. The monoisotopic (exact) mass is 243 g/mol. The molecule has 0 radical (unpaired) electrons. The summed E-state index contributed by atoms with van der Waals surface area (Å²) in [6.07, 6.45) is -0.297. The molecular weight excluding hydrogens is 230 g/mol. The van der Waals surface area contributed by atoms with Gasteiger partial charge in [0.25, 0.3) is 0 Å². The van der Waals surface area contributed by atoms with Gasteiger partial charge in [-0.3, -0.25) is 0 Å². The van der Waals surface area contributed by atoms with Crippen molar-refractivity contribution >= 4 is 23.3 Å². The number of nitrogens with two attached hydrogens (primary N) is 1. The Morgan fingerprint density at radius 2 is 2.25 bits per heavy atom. The molecule has 0 amide bonds. The van der Waals surface area contributed by atoms with Gasteiger partial charge in [-0.15, -0.1) is 0 Å². The highest BCUT2D eigenvalue weighted by molar-refractivity contribution is 6.33. The minimum atomic E-state index is -0.437. The fourth-order valence-corrected chi connectivity index (χ4v) is 1.31. The van der Waals surface area contributed by atoms with E-state index in [1.54, 1.807) is 26.2 Å². The molecule has 1 rings (SSSR count). The molecule has 0 saturated carbocycles. The van der Waals surface area contributed by atoms with Crippen LogP contribution in [0.1, 0.15) is 17.3 Å². The van der Waals surface area contributed by atoms with E-state index in [1.807, 2.05) is 0 Å². The van der Waals surface area contributed by atoms with Crippen LogP contribution in [-0.4, -0.2) is 25.8 Å². The molecule has 1 aromatic rings. The topological polar surface area (TPSA) is 61.5 Å². The maximum absolute atomic E-state index is 11.6. The van der Waals surface area contributed by atoms with E-state index in [0.29, 0.717) is 22.9 Å². The molecule has 0 bridgehead atoms. The second-order valence-corrected chi connectivity index (χ2v) is 3.81. The highest BCUT2D eigenvalue weighted by Gasteiger charge is 2.12. The number of esters is 1. The maximum Gasteiger partial charge on any atom is 0.338 e. The fourth-order valence-electron chi connectivity index (χ4n) is 1.19. The van der Waals surface area contributed by atoms with Crippen LogP contribution in [0.4, 0.5) is 5.69 Å². The average Bonchev–Trinajstić information content (AvgIpc) is 2.22. The van der Waals surface area contributed by atoms with E-state index >= 15 is 0 Å². The SMILES string of the molecule is COCC(C)OC(=O)c1ccc(Cl)c(N)c1. The summed E-state index contributed by atoms with van der Waals surface area (Å²) in [6.45, 7) is 2.11. The number of carbonyl (C=O) groups is 1. The smallest absolute Gasteiger partial charge is 0.338 e. The third kappa shape index (κ3) is 3.40. The van der Waals surface area contributed by atoms with Gasteiger partial charge in [-0.1, -0.05) is 11.6 Å². The van der Waals surface area contributed by atoms with Gasteiger partial charge >= 0.3 is 5.97 Å². The number of ether oxygens (including phenoxy) is 2. The summed E-state index contributed by atoms with van der Waals surface area (Å²) < 4.78 is 9.97. The zero-order valence-electron chi connectivity index (χ0n) is 9.20. The lowest BCUT2D eigenvalue weighted by atomic mass is 10.2. The lowest BCUT2D eigenvalue weighted by molar-refractivity contribution is 0.0120. The summed E-state index contributed by atoms with van der Waals surface area (Å²) in [7, 11) is 1.55. The number of rotatable bonds is 4. The van der Waals surface area contributed by atoms with Crippen molar-refractivity contribution in [1.29, 1.82) is 0 Å². The zero-order valence-corrected chi connectivity index (χ0v) is 9.95. The zero-order chi connectivity index (χ0) is 12.1. The Balaban J connectivity index is 2.69. The first-order valence-corrected chi connectivity index (χ1v) is 5.17. The normalized spacial score (nSPS) is 12.2. The van der Waals surface area contributed by atoms with Gasteiger partial charge in [-0.05, 0) is 25.1 Å². The van der Waals surface area contributed by atoms with Gasteiger partial charge in [0.1, 0.15) is 6.10 Å². The number of benzene rings is 1. The van der Waals surface area contributed by atoms with Crippen molar-refractivity contribution in [3.63, 3.8) is 0 Å². The van der Waals surface area contributed by atoms with Gasteiger partial charge in [0, 0.05) is 7.11 Å². The Morgan fingerprint density at radius 1 is 1.56 bits per heavy atom. The molecule has 0 spiro atoms. The largest absolute Gasteiger partial charge is 0.457 e. The minimum Gasteiger partial charge on any atom is -0.457 e. The van der Waals surface area contributed by atoms with E-state index in [4.69, 9.17) is 26.8 Å². The molecule has 5 heteroatoms. The van der Waals surface area contributed by atoms with Gasteiger partial charge in [0.05, 0.1) is 22.9 Å². The molecule has 88 valence electrons. The fraction of sp³-hybridized carbons (Fsp3) is 0.364. The molecule has 0 aliphatic heterocycles. The molecule has 0 aliphatic carbocycles. The maximum atomic E-state index is 11.6. The predicted molar refractivity (Wildman–Crippen MR) is 62.6 cm³/mol. The molecule has 0 heterocycles. The van der Waals surface area contributed by atoms with Gasteiger partial charge in [0.2, 0.25) is 0 Å². The van der Waals surface area contributed by atoms with Gasteiger partial charge < -0.3 is 15.2 Å². The first kappa shape index (κ1) is 12.8. The third-order valence-corrected chi connectivity index (χ3v) is 2.29. The van der Waals surface area contributed by atoms with Gasteiger partial charge in [0.15, 0.2) is 0 Å². The van der Waals surface area contributed by atoms with E-state index < -0.39 is 5.97 Å². The summed E-state index contributed by atoms with van der Waals surface area (Å²) in [4.78, 5) is 11.6. The van der Waals surface area contributed by atoms with Crippen LogP contribution in [0.5, 0.6) is 0 Å². The van der Waals surface area contributed by atoms with Crippen molar-refractivity contribution in [2.75, 3.05) is 19.5 Å². The Bertz CT molecular complexity index is 381. The lowest BCUT2D eigenvalue weighted by Gasteiger charge is -2.12. The molecule has 1 atom stereocenters. The highest BCUT2D eigenvalue weighted by Crippen LogP contribution is 2.20. The Hall–Kier alpha value is -1.26. The second kappa shape index (κ2) is 5.72. The van der Waals surface area contributed by atoms with Crippen LogP contribution in [0, 0.1) is 0 Å². The van der Waals surface area contributed by atoms with Crippen molar-refractivity contribution in [3.8, 4) is 0 Å². The van der Waals surface area contributed by atoms with Crippen LogP contribution in [-0.2, 0) is 9.47 Å². The predicted octanol–water partition coefficient (Wildman–Crippen LogP) is 2.11. The minimum absolute atomic E-state index is 0.297. The summed E-state index contributed by atoms with van der Waals surface area (Å²) in [6, 6.07) is 4.62. The highest BCUT2D eigenvalue weighted by atomic mass is 35.5. The van der Waals surface area contributed by atoms with E-state index in [1.165, 1.54) is 6.07 Å². The Kier molecular flexibility index (Phi) is 4.58. The molecule has 0 aromatic heterocycles. The van der Waals surface area contributed by atoms with Crippen molar-refractivity contribution in [3.05, 3.63) is 28.8 Å². The van der Waals surface area contributed by atoms with Crippen LogP contribution in [0.2, 0.25) is 5.02 Å². The Labute approximate surface area is 99.3 Å². The summed E-state index contributed by atoms with van der Waals surface area (Å²) >= 11 is 5.74. The number of anilines is 1. The van der Waals surface area contributed by atoms with Gasteiger partial charge in [-0.2, -0.15) is 0 Å². The van der Waals surface area contributed by atoms with Crippen molar-refractivity contribution in [2.45, 2.75) is 13.0 Å². The summed E-state index contributed by atoms with van der Waals surface area (Å²) in [5.74, 6) is -0.437.